The largest absolute Gasteiger partial charge is 0.476 e. The van der Waals surface area contributed by atoms with Crippen molar-refractivity contribution in [3.63, 3.8) is 0 Å². The van der Waals surface area contributed by atoms with Crippen molar-refractivity contribution in [2.75, 3.05) is 0 Å². The van der Waals surface area contributed by atoms with Gasteiger partial charge in [0.05, 0.1) is 11.6 Å². The molecule has 0 radical (unpaired) electrons. The molecular formula is C11H9NO. The van der Waals surface area contributed by atoms with Gasteiger partial charge in [-0.15, -0.1) is 0 Å². The van der Waals surface area contributed by atoms with Crippen molar-refractivity contribution < 1.29 is 4.74 Å². The van der Waals surface area contributed by atoms with E-state index in [9.17, 15) is 0 Å². The number of rotatable bonds is 0. The summed E-state index contributed by atoms with van der Waals surface area (Å²) in [7, 11) is 0. The average molecular weight is 171 g/mol. The summed E-state index contributed by atoms with van der Waals surface area (Å²) in [5, 5.41) is 2.30. The molecule has 0 aromatic heterocycles. The molecule has 1 aromatic rings. The molecule has 0 saturated carbocycles. The summed E-state index contributed by atoms with van der Waals surface area (Å²) in [4.78, 5) is 4.47. The number of hydrogen-bond acceptors (Lipinski definition) is 2. The summed E-state index contributed by atoms with van der Waals surface area (Å²) >= 11 is 0. The van der Waals surface area contributed by atoms with Gasteiger partial charge < -0.3 is 4.74 Å². The average Bonchev–Trinajstić information content (AvgIpc) is 2.18. The zero-order valence-electron chi connectivity index (χ0n) is 7.10. The Hall–Kier alpha value is -1.57. The molecule has 2 heterocycles. The minimum Gasteiger partial charge on any atom is -0.476 e. The summed E-state index contributed by atoms with van der Waals surface area (Å²) in [5.74, 6) is 0. The molecule has 3 rings (SSSR count). The molecule has 2 aliphatic rings. The van der Waals surface area contributed by atoms with Crippen LogP contribution in [0.1, 0.15) is 6.42 Å². The van der Waals surface area contributed by atoms with Gasteiger partial charge in [-0.05, 0) is 17.7 Å². The third-order valence-electron chi connectivity index (χ3n) is 2.43. The highest BCUT2D eigenvalue weighted by Gasteiger charge is 2.16. The fraction of sp³-hybridized carbons (Fsp3) is 0.182. The first-order valence-corrected chi connectivity index (χ1v) is 4.41. The summed E-state index contributed by atoms with van der Waals surface area (Å²) < 4.78 is 5.34. The zero-order chi connectivity index (χ0) is 8.67. The molecule has 2 bridgehead atoms. The van der Waals surface area contributed by atoms with E-state index in [2.05, 4.69) is 11.1 Å². The predicted octanol–water partition coefficient (Wildman–Crippen LogP) is 0.731. The van der Waals surface area contributed by atoms with Crippen LogP contribution < -0.4 is 10.6 Å². The Labute approximate surface area is 75.9 Å². The van der Waals surface area contributed by atoms with Gasteiger partial charge in [0.25, 0.3) is 0 Å². The Morgan fingerprint density at radius 2 is 2.23 bits per heavy atom. The van der Waals surface area contributed by atoms with E-state index in [1.807, 2.05) is 24.3 Å². The van der Waals surface area contributed by atoms with Crippen LogP contribution in [0.5, 0.6) is 0 Å². The minimum absolute atomic E-state index is 0.00917. The van der Waals surface area contributed by atoms with E-state index >= 15 is 0 Å². The van der Waals surface area contributed by atoms with Gasteiger partial charge in [0.15, 0.2) is 6.23 Å². The molecule has 2 nitrogen and oxygen atoms in total. The Kier molecular flexibility index (Phi) is 1.30. The monoisotopic (exact) mass is 171 g/mol. The lowest BCUT2D eigenvalue weighted by Crippen LogP contribution is -2.35. The van der Waals surface area contributed by atoms with Gasteiger partial charge in [0.2, 0.25) is 0 Å². The van der Waals surface area contributed by atoms with E-state index in [1.54, 1.807) is 6.26 Å². The topological polar surface area (TPSA) is 21.6 Å². The number of hydrogen-bond donors (Lipinski definition) is 0. The van der Waals surface area contributed by atoms with Crippen molar-refractivity contribution in [2.24, 2.45) is 4.99 Å². The maximum atomic E-state index is 5.34. The van der Waals surface area contributed by atoms with E-state index in [4.69, 9.17) is 4.74 Å². The molecule has 0 fully saturated rings. The van der Waals surface area contributed by atoms with Gasteiger partial charge in [-0.25, -0.2) is 4.99 Å². The van der Waals surface area contributed by atoms with Crippen LogP contribution in [0.4, 0.5) is 0 Å². The second-order valence-electron chi connectivity index (χ2n) is 3.27. The molecule has 64 valence electrons. The lowest BCUT2D eigenvalue weighted by Gasteiger charge is -2.20. The molecule has 2 aliphatic heterocycles. The number of benzene rings is 1. The van der Waals surface area contributed by atoms with Crippen LogP contribution in [-0.2, 0) is 4.74 Å². The van der Waals surface area contributed by atoms with Crippen molar-refractivity contribution in [3.8, 4) is 0 Å². The third kappa shape index (κ3) is 0.985. The van der Waals surface area contributed by atoms with Gasteiger partial charge in [-0.2, -0.15) is 0 Å². The highest BCUT2D eigenvalue weighted by Crippen LogP contribution is 2.18. The molecular weight excluding hydrogens is 162 g/mol. The number of para-hydroxylation sites is 1. The standard InChI is InChI=1S/C11H9NO/c1-2-4-10-9(3-1)8-5-6-13-11(7-8)12-10/h1-6,11H,7H2. The smallest absolute Gasteiger partial charge is 0.193 e. The second-order valence-corrected chi connectivity index (χ2v) is 3.27. The summed E-state index contributed by atoms with van der Waals surface area (Å²) in [6.45, 7) is 0. The molecule has 0 saturated heterocycles. The molecule has 1 unspecified atom stereocenters. The first-order chi connectivity index (χ1) is 6.43. The fourth-order valence-electron chi connectivity index (χ4n) is 1.81. The van der Waals surface area contributed by atoms with E-state index in [1.165, 1.54) is 10.8 Å². The molecule has 1 aromatic carbocycles. The van der Waals surface area contributed by atoms with Crippen molar-refractivity contribution in [1.82, 2.24) is 0 Å². The lowest BCUT2D eigenvalue weighted by molar-refractivity contribution is 0.145. The lowest BCUT2D eigenvalue weighted by atomic mass is 10.0. The van der Waals surface area contributed by atoms with Crippen LogP contribution in [0.25, 0.3) is 5.57 Å². The number of fused-ring (bicyclic) bond motifs is 3. The third-order valence-corrected chi connectivity index (χ3v) is 2.43. The minimum atomic E-state index is 0.00917. The van der Waals surface area contributed by atoms with E-state index in [0.29, 0.717) is 0 Å². The summed E-state index contributed by atoms with van der Waals surface area (Å²) in [6, 6.07) is 8.20. The molecule has 0 aliphatic carbocycles. The Morgan fingerprint density at radius 3 is 3.23 bits per heavy atom. The van der Waals surface area contributed by atoms with Crippen molar-refractivity contribution >= 4 is 5.57 Å². The van der Waals surface area contributed by atoms with Gasteiger partial charge >= 0.3 is 0 Å². The van der Waals surface area contributed by atoms with E-state index in [0.717, 1.165) is 11.8 Å². The zero-order valence-corrected chi connectivity index (χ0v) is 7.10. The summed E-state index contributed by atoms with van der Waals surface area (Å²) in [6.07, 6.45) is 4.69. The maximum Gasteiger partial charge on any atom is 0.193 e. The van der Waals surface area contributed by atoms with E-state index < -0.39 is 0 Å². The van der Waals surface area contributed by atoms with Crippen LogP contribution in [0.15, 0.2) is 41.6 Å². The Bertz CT molecular complexity index is 487. The normalized spacial score (nSPS) is 23.1. The molecule has 0 N–H and O–H groups in total. The van der Waals surface area contributed by atoms with Gasteiger partial charge in [-0.1, -0.05) is 18.2 Å². The number of nitrogens with zero attached hydrogens (tertiary/aromatic N) is 1. The predicted molar refractivity (Wildman–Crippen MR) is 49.3 cm³/mol. The highest BCUT2D eigenvalue weighted by atomic mass is 16.5. The number of ether oxygens (including phenoxy) is 1. The molecule has 13 heavy (non-hydrogen) atoms. The van der Waals surface area contributed by atoms with Gasteiger partial charge in [0, 0.05) is 11.6 Å². The number of allylic oxidation sites excluding steroid dienone is 1. The highest BCUT2D eigenvalue weighted by molar-refractivity contribution is 5.58. The second kappa shape index (κ2) is 2.46. The van der Waals surface area contributed by atoms with Crippen LogP contribution in [0.3, 0.4) is 0 Å². The van der Waals surface area contributed by atoms with Gasteiger partial charge in [-0.3, -0.25) is 0 Å². The fourth-order valence-corrected chi connectivity index (χ4v) is 1.81. The van der Waals surface area contributed by atoms with Gasteiger partial charge in [0.1, 0.15) is 0 Å². The van der Waals surface area contributed by atoms with Crippen molar-refractivity contribution in [1.29, 1.82) is 0 Å². The first kappa shape index (κ1) is 6.89. The molecule has 0 amide bonds. The van der Waals surface area contributed by atoms with Crippen LogP contribution in [-0.4, -0.2) is 6.23 Å². The summed E-state index contributed by atoms with van der Waals surface area (Å²) in [5.41, 5.74) is 1.34. The Balaban J connectivity index is 2.46. The first-order valence-electron chi connectivity index (χ1n) is 4.41. The molecule has 2 heteroatoms. The van der Waals surface area contributed by atoms with E-state index in [-0.39, 0.29) is 6.23 Å². The SMILES string of the molecule is C1=CC2=c3ccccc3=NC(C2)O1. The van der Waals surface area contributed by atoms with Crippen molar-refractivity contribution in [2.45, 2.75) is 12.6 Å². The Morgan fingerprint density at radius 1 is 1.31 bits per heavy atom. The molecule has 1 atom stereocenters. The maximum absolute atomic E-state index is 5.34. The van der Waals surface area contributed by atoms with Crippen LogP contribution >= 0.6 is 0 Å². The van der Waals surface area contributed by atoms with Crippen LogP contribution in [0, 0.1) is 0 Å². The quantitative estimate of drug-likeness (QED) is 0.564. The van der Waals surface area contributed by atoms with Crippen LogP contribution in [0.2, 0.25) is 0 Å². The molecule has 0 spiro atoms. The van der Waals surface area contributed by atoms with Crippen molar-refractivity contribution in [3.05, 3.63) is 47.2 Å².